The van der Waals surface area contributed by atoms with E-state index < -0.39 is 12.1 Å². The molecule has 0 radical (unpaired) electrons. The van der Waals surface area contributed by atoms with Crippen LogP contribution in [0.25, 0.3) is 11.1 Å². The fourth-order valence-electron chi connectivity index (χ4n) is 4.41. The number of hydrogen-bond acceptors (Lipinski definition) is 5. The predicted molar refractivity (Wildman–Crippen MR) is 144 cm³/mol. The first-order chi connectivity index (χ1) is 17.2. The first-order valence-electron chi connectivity index (χ1n) is 12.4. The summed E-state index contributed by atoms with van der Waals surface area (Å²) in [6.07, 6.45) is 0.734. The summed E-state index contributed by atoms with van der Waals surface area (Å²) in [5.74, 6) is -0.936. The van der Waals surface area contributed by atoms with Crippen LogP contribution >= 0.6 is 0 Å². The van der Waals surface area contributed by atoms with Crippen molar-refractivity contribution in [3.63, 3.8) is 0 Å². The molecule has 0 fully saturated rings. The van der Waals surface area contributed by atoms with Crippen molar-refractivity contribution in [2.45, 2.75) is 51.8 Å². The molecule has 0 saturated carbocycles. The van der Waals surface area contributed by atoms with Crippen LogP contribution in [0, 0.1) is 6.92 Å². The Kier molecular flexibility index (Phi) is 9.79. The molecule has 192 valence electrons. The average Bonchev–Trinajstić information content (AvgIpc) is 2.86. The van der Waals surface area contributed by atoms with E-state index in [0.29, 0.717) is 31.7 Å². The lowest BCUT2D eigenvalue weighted by atomic mass is 9.91. The molecule has 0 aromatic heterocycles. The largest absolute Gasteiger partial charge is 0.478 e. The summed E-state index contributed by atoms with van der Waals surface area (Å²) in [6, 6.07) is 21.7. The molecule has 5 N–H and O–H groups in total. The van der Waals surface area contributed by atoms with E-state index in [4.69, 9.17) is 10.5 Å². The molecular formula is C30H38N2O4. The first kappa shape index (κ1) is 27.6. The molecule has 36 heavy (non-hydrogen) atoms. The Hall–Kier alpha value is -3.03. The number of aliphatic hydroxyl groups is 1. The highest BCUT2D eigenvalue weighted by Crippen LogP contribution is 2.29. The summed E-state index contributed by atoms with van der Waals surface area (Å²) in [6.45, 7) is 7.60. The lowest BCUT2D eigenvalue weighted by Crippen LogP contribution is -2.46. The van der Waals surface area contributed by atoms with Crippen LogP contribution in [0.15, 0.2) is 66.7 Å². The van der Waals surface area contributed by atoms with Crippen molar-refractivity contribution in [2.24, 2.45) is 5.73 Å². The molecule has 3 rings (SSSR count). The number of β-amino-alcohol motifs (C(OH)–C–C–N with tert-alkyl or cyclic N) is 1. The third kappa shape index (κ3) is 7.73. The number of hydrogen-bond donors (Lipinski definition) is 4. The molecular weight excluding hydrogens is 452 g/mol. The maximum atomic E-state index is 11.7. The van der Waals surface area contributed by atoms with Crippen LogP contribution in [0.2, 0.25) is 0 Å². The molecule has 0 spiro atoms. The molecule has 6 nitrogen and oxygen atoms in total. The summed E-state index contributed by atoms with van der Waals surface area (Å²) < 4.78 is 5.81. The molecule has 0 aliphatic carbocycles. The number of rotatable bonds is 13. The monoisotopic (exact) mass is 490 g/mol. The second-order valence-corrected chi connectivity index (χ2v) is 9.88. The van der Waals surface area contributed by atoms with Crippen LogP contribution in [0.4, 0.5) is 0 Å². The third-order valence-electron chi connectivity index (χ3n) is 6.44. The molecule has 0 saturated heterocycles. The number of carboxylic acids is 1. The van der Waals surface area contributed by atoms with Gasteiger partial charge in [0.05, 0.1) is 24.9 Å². The van der Waals surface area contributed by atoms with Crippen LogP contribution in [-0.4, -0.2) is 47.6 Å². The van der Waals surface area contributed by atoms with E-state index >= 15 is 0 Å². The van der Waals surface area contributed by atoms with Gasteiger partial charge in [0.2, 0.25) is 0 Å². The van der Waals surface area contributed by atoms with Gasteiger partial charge in [-0.25, -0.2) is 4.79 Å². The van der Waals surface area contributed by atoms with Gasteiger partial charge in [-0.2, -0.15) is 0 Å². The summed E-state index contributed by atoms with van der Waals surface area (Å²) >= 11 is 0. The van der Waals surface area contributed by atoms with Crippen LogP contribution in [0.1, 0.15) is 46.5 Å². The minimum atomic E-state index is -0.936. The van der Waals surface area contributed by atoms with E-state index in [2.05, 4.69) is 31.3 Å². The van der Waals surface area contributed by atoms with Crippen molar-refractivity contribution in [3.05, 3.63) is 94.5 Å². The molecule has 0 amide bonds. The number of benzene rings is 3. The lowest BCUT2D eigenvalue weighted by molar-refractivity contribution is 0.0348. The van der Waals surface area contributed by atoms with Gasteiger partial charge in [-0.1, -0.05) is 60.7 Å². The van der Waals surface area contributed by atoms with E-state index in [1.807, 2.05) is 55.5 Å². The van der Waals surface area contributed by atoms with E-state index in [-0.39, 0.29) is 12.1 Å². The number of nitrogens with one attached hydrogen (secondary N) is 1. The highest BCUT2D eigenvalue weighted by molar-refractivity contribution is 5.91. The first-order valence-corrected chi connectivity index (χ1v) is 12.4. The second-order valence-electron chi connectivity index (χ2n) is 9.88. The van der Waals surface area contributed by atoms with Crippen molar-refractivity contribution in [2.75, 3.05) is 19.8 Å². The average molecular weight is 491 g/mol. The molecule has 3 aromatic carbocycles. The van der Waals surface area contributed by atoms with E-state index in [1.165, 1.54) is 5.56 Å². The molecule has 6 heteroatoms. The van der Waals surface area contributed by atoms with Crippen LogP contribution < -0.4 is 11.1 Å². The van der Waals surface area contributed by atoms with Crippen molar-refractivity contribution < 1.29 is 19.7 Å². The number of nitrogens with two attached hydrogens (primary N) is 1. The minimum Gasteiger partial charge on any atom is -0.478 e. The van der Waals surface area contributed by atoms with Gasteiger partial charge in [0.1, 0.15) is 0 Å². The predicted octanol–water partition coefficient (Wildman–Crippen LogP) is 4.35. The maximum absolute atomic E-state index is 11.7. The normalized spacial score (nSPS) is 12.5. The fourth-order valence-corrected chi connectivity index (χ4v) is 4.41. The number of aliphatic hydroxyl groups excluding tert-OH is 1. The third-order valence-corrected chi connectivity index (χ3v) is 6.44. The van der Waals surface area contributed by atoms with Crippen LogP contribution in [-0.2, 0) is 24.1 Å². The van der Waals surface area contributed by atoms with E-state index in [9.17, 15) is 15.0 Å². The Morgan fingerprint density at radius 1 is 1.03 bits per heavy atom. The van der Waals surface area contributed by atoms with Gasteiger partial charge in [-0.15, -0.1) is 0 Å². The van der Waals surface area contributed by atoms with Crippen molar-refractivity contribution in [3.8, 4) is 11.1 Å². The van der Waals surface area contributed by atoms with Crippen molar-refractivity contribution >= 4 is 5.97 Å². The van der Waals surface area contributed by atoms with Crippen molar-refractivity contribution in [1.29, 1.82) is 0 Å². The highest BCUT2D eigenvalue weighted by atomic mass is 16.5. The van der Waals surface area contributed by atoms with E-state index in [1.54, 1.807) is 6.07 Å². The van der Waals surface area contributed by atoms with Crippen molar-refractivity contribution in [1.82, 2.24) is 5.32 Å². The number of ether oxygens (including phenoxy) is 1. The highest BCUT2D eigenvalue weighted by Gasteiger charge is 2.20. The summed E-state index contributed by atoms with van der Waals surface area (Å²) in [5.41, 5.74) is 11.8. The SMILES string of the molecule is Cc1c(C(=O)O)ccc(-c2ccccc2)c1CCOC[C@H](O)CNC(C)(C)Cc1ccc(CN)cc1. The van der Waals surface area contributed by atoms with Gasteiger partial charge in [-0.3, -0.25) is 0 Å². The standard InChI is InChI=1S/C30H38N2O4/c1-21-26(28(14-13-27(21)29(34)35)24-7-5-4-6-8-24)15-16-36-20-25(33)19-32-30(2,3)17-22-9-11-23(18-31)12-10-22/h4-14,25,32-33H,15-20,31H2,1-3H3,(H,34,35)/t25-/m1/s1. The van der Waals surface area contributed by atoms with Gasteiger partial charge in [-0.05, 0) is 73.1 Å². The molecule has 1 atom stereocenters. The Labute approximate surface area is 214 Å². The van der Waals surface area contributed by atoms with Crippen LogP contribution in [0.3, 0.4) is 0 Å². The number of aromatic carboxylic acids is 1. The molecule has 3 aromatic rings. The van der Waals surface area contributed by atoms with Gasteiger partial charge in [0, 0.05) is 18.6 Å². The zero-order valence-electron chi connectivity index (χ0n) is 21.5. The van der Waals surface area contributed by atoms with E-state index in [0.717, 1.165) is 34.2 Å². The topological polar surface area (TPSA) is 105 Å². The molecule has 0 bridgehead atoms. The van der Waals surface area contributed by atoms with Gasteiger partial charge in [0.25, 0.3) is 0 Å². The summed E-state index contributed by atoms with van der Waals surface area (Å²) in [7, 11) is 0. The fraction of sp³-hybridized carbons (Fsp3) is 0.367. The maximum Gasteiger partial charge on any atom is 0.335 e. The van der Waals surface area contributed by atoms with Gasteiger partial charge >= 0.3 is 5.97 Å². The summed E-state index contributed by atoms with van der Waals surface area (Å²) in [5, 5.41) is 23.5. The molecule has 0 aliphatic rings. The molecule has 0 aliphatic heterocycles. The zero-order valence-corrected chi connectivity index (χ0v) is 21.5. The molecule has 0 heterocycles. The lowest BCUT2D eigenvalue weighted by Gasteiger charge is -2.28. The second kappa shape index (κ2) is 12.8. The summed E-state index contributed by atoms with van der Waals surface area (Å²) in [4.78, 5) is 11.7. The van der Waals surface area contributed by atoms with Gasteiger partial charge in [0.15, 0.2) is 0 Å². The number of carbonyl (C=O) groups is 1. The number of carboxylic acid groups (broad SMARTS) is 1. The quantitative estimate of drug-likeness (QED) is 0.266. The minimum absolute atomic E-state index is 0.190. The Morgan fingerprint density at radius 3 is 2.33 bits per heavy atom. The smallest absolute Gasteiger partial charge is 0.335 e. The van der Waals surface area contributed by atoms with Crippen LogP contribution in [0.5, 0.6) is 0 Å². The Morgan fingerprint density at radius 2 is 1.69 bits per heavy atom. The zero-order chi connectivity index (χ0) is 26.1. The molecule has 0 unspecified atom stereocenters. The van der Waals surface area contributed by atoms with Gasteiger partial charge < -0.3 is 26.0 Å². The Balaban J connectivity index is 1.53. The Bertz CT molecular complexity index is 1130.